The molecule has 0 aliphatic heterocycles. The number of rotatable bonds is 6. The van der Waals surface area contributed by atoms with Gasteiger partial charge in [0.25, 0.3) is 5.91 Å². The molecule has 0 aromatic carbocycles. The predicted molar refractivity (Wildman–Crippen MR) is 70.1 cm³/mol. The summed E-state index contributed by atoms with van der Waals surface area (Å²) in [7, 11) is 0. The van der Waals surface area contributed by atoms with E-state index in [1.807, 2.05) is 0 Å². The summed E-state index contributed by atoms with van der Waals surface area (Å²) in [5.74, 6) is 5.68. The number of hydrogen-bond acceptors (Lipinski definition) is 5. The maximum Gasteiger partial charge on any atom is 0.251 e. The normalized spacial score (nSPS) is 13.7. The molecule has 0 atom stereocenters. The third-order valence-electron chi connectivity index (χ3n) is 2.83. The van der Waals surface area contributed by atoms with Gasteiger partial charge in [0, 0.05) is 30.8 Å². The van der Waals surface area contributed by atoms with E-state index in [9.17, 15) is 9.59 Å². The third kappa shape index (κ3) is 3.92. The van der Waals surface area contributed by atoms with Gasteiger partial charge in [0.2, 0.25) is 5.91 Å². The second-order valence-electron chi connectivity index (χ2n) is 4.40. The van der Waals surface area contributed by atoms with Crippen LogP contribution in [0.4, 0.5) is 5.82 Å². The van der Waals surface area contributed by atoms with Crippen LogP contribution in [0, 0.1) is 5.92 Å². The van der Waals surface area contributed by atoms with Gasteiger partial charge in [-0.2, -0.15) is 0 Å². The number of amides is 2. The van der Waals surface area contributed by atoms with Crippen molar-refractivity contribution in [3.63, 3.8) is 0 Å². The minimum Gasteiger partial charge on any atom is -0.354 e. The lowest BCUT2D eigenvalue weighted by Crippen LogP contribution is -2.35. The van der Waals surface area contributed by atoms with E-state index in [0.29, 0.717) is 24.5 Å². The molecule has 102 valence electrons. The molecule has 1 aliphatic rings. The van der Waals surface area contributed by atoms with Gasteiger partial charge in [0.15, 0.2) is 0 Å². The van der Waals surface area contributed by atoms with Gasteiger partial charge in [-0.15, -0.1) is 0 Å². The van der Waals surface area contributed by atoms with Crippen LogP contribution < -0.4 is 21.9 Å². The number of nitrogens with zero attached hydrogens (tertiary/aromatic N) is 1. The number of anilines is 1. The van der Waals surface area contributed by atoms with Crippen molar-refractivity contribution in [2.45, 2.75) is 12.8 Å². The van der Waals surface area contributed by atoms with Crippen molar-refractivity contribution in [2.24, 2.45) is 11.8 Å². The second-order valence-corrected chi connectivity index (χ2v) is 4.40. The predicted octanol–water partition coefficient (Wildman–Crippen LogP) is -0.377. The molecule has 0 unspecified atom stereocenters. The molecule has 1 heterocycles. The van der Waals surface area contributed by atoms with Crippen LogP contribution in [0.3, 0.4) is 0 Å². The van der Waals surface area contributed by atoms with Crippen molar-refractivity contribution in [2.75, 3.05) is 18.5 Å². The smallest absolute Gasteiger partial charge is 0.251 e. The number of carbonyl (C=O) groups is 2. The molecule has 5 N–H and O–H groups in total. The molecule has 7 heteroatoms. The maximum atomic E-state index is 11.8. The molecule has 2 amide bonds. The van der Waals surface area contributed by atoms with Crippen molar-refractivity contribution in [1.82, 2.24) is 15.6 Å². The van der Waals surface area contributed by atoms with E-state index in [2.05, 4.69) is 21.0 Å². The lowest BCUT2D eigenvalue weighted by atomic mass is 10.2. The monoisotopic (exact) mass is 263 g/mol. The summed E-state index contributed by atoms with van der Waals surface area (Å²) < 4.78 is 0. The van der Waals surface area contributed by atoms with E-state index >= 15 is 0 Å². The Hall–Kier alpha value is -2.15. The Labute approximate surface area is 110 Å². The molecule has 2 rings (SSSR count). The van der Waals surface area contributed by atoms with Crippen LogP contribution in [-0.4, -0.2) is 29.9 Å². The summed E-state index contributed by atoms with van der Waals surface area (Å²) in [6.45, 7) is 0.832. The van der Waals surface area contributed by atoms with Gasteiger partial charge < -0.3 is 16.1 Å². The van der Waals surface area contributed by atoms with Gasteiger partial charge in [0.05, 0.1) is 0 Å². The van der Waals surface area contributed by atoms with E-state index < -0.39 is 0 Å². The van der Waals surface area contributed by atoms with Crippen molar-refractivity contribution in [3.8, 4) is 0 Å². The molecule has 1 saturated carbocycles. The van der Waals surface area contributed by atoms with E-state index in [-0.39, 0.29) is 17.7 Å². The number of nitrogens with two attached hydrogens (primary N) is 1. The molecular weight excluding hydrogens is 246 g/mol. The van der Waals surface area contributed by atoms with Crippen LogP contribution in [-0.2, 0) is 4.79 Å². The topological polar surface area (TPSA) is 109 Å². The van der Waals surface area contributed by atoms with Crippen LogP contribution in [0.15, 0.2) is 18.3 Å². The van der Waals surface area contributed by atoms with Crippen molar-refractivity contribution < 1.29 is 9.59 Å². The molecule has 0 radical (unpaired) electrons. The van der Waals surface area contributed by atoms with Gasteiger partial charge in [0.1, 0.15) is 5.82 Å². The highest BCUT2D eigenvalue weighted by Crippen LogP contribution is 2.28. The highest BCUT2D eigenvalue weighted by atomic mass is 16.2. The number of nitrogen functional groups attached to an aromatic ring is 1. The molecule has 0 bridgehead atoms. The van der Waals surface area contributed by atoms with Gasteiger partial charge in [-0.3, -0.25) is 9.59 Å². The number of carbonyl (C=O) groups excluding carboxylic acids is 2. The quantitative estimate of drug-likeness (QED) is 0.318. The SMILES string of the molecule is NNc1cc(C(=O)NCCNC(=O)C2CC2)ccn1. The number of aromatic nitrogens is 1. The number of pyridine rings is 1. The molecule has 0 spiro atoms. The lowest BCUT2D eigenvalue weighted by molar-refractivity contribution is -0.122. The molecule has 7 nitrogen and oxygen atoms in total. The summed E-state index contributed by atoms with van der Waals surface area (Å²) in [5.41, 5.74) is 2.84. The van der Waals surface area contributed by atoms with Gasteiger partial charge in [-0.05, 0) is 25.0 Å². The van der Waals surface area contributed by atoms with Crippen LogP contribution in [0.1, 0.15) is 23.2 Å². The summed E-state index contributed by atoms with van der Waals surface area (Å²) in [5, 5.41) is 5.49. The zero-order valence-electron chi connectivity index (χ0n) is 10.5. The molecular formula is C12H17N5O2. The minimum absolute atomic E-state index is 0.0766. The van der Waals surface area contributed by atoms with E-state index in [1.165, 1.54) is 6.20 Å². The Bertz CT molecular complexity index is 473. The average Bonchev–Trinajstić information content (AvgIpc) is 3.27. The fraction of sp³-hybridized carbons (Fsp3) is 0.417. The summed E-state index contributed by atoms with van der Waals surface area (Å²) in [6.07, 6.45) is 3.45. The molecule has 19 heavy (non-hydrogen) atoms. The molecule has 1 aliphatic carbocycles. The van der Waals surface area contributed by atoms with Crippen LogP contribution >= 0.6 is 0 Å². The van der Waals surface area contributed by atoms with Crippen LogP contribution in [0.25, 0.3) is 0 Å². The molecule has 0 saturated heterocycles. The third-order valence-corrected chi connectivity index (χ3v) is 2.83. The molecule has 1 aromatic heterocycles. The largest absolute Gasteiger partial charge is 0.354 e. The van der Waals surface area contributed by atoms with Crippen LogP contribution in [0.5, 0.6) is 0 Å². The Morgan fingerprint density at radius 3 is 2.74 bits per heavy atom. The van der Waals surface area contributed by atoms with Gasteiger partial charge in [-0.1, -0.05) is 0 Å². The number of hydrogen-bond donors (Lipinski definition) is 4. The average molecular weight is 263 g/mol. The fourth-order valence-corrected chi connectivity index (χ4v) is 1.60. The minimum atomic E-state index is -0.223. The fourth-order valence-electron chi connectivity index (χ4n) is 1.60. The lowest BCUT2D eigenvalue weighted by Gasteiger charge is -2.07. The van der Waals surface area contributed by atoms with Gasteiger partial charge >= 0.3 is 0 Å². The first-order valence-electron chi connectivity index (χ1n) is 6.19. The Morgan fingerprint density at radius 2 is 2.05 bits per heavy atom. The first-order chi connectivity index (χ1) is 9.20. The first-order valence-corrected chi connectivity index (χ1v) is 6.19. The van der Waals surface area contributed by atoms with Gasteiger partial charge in [-0.25, -0.2) is 10.8 Å². The van der Waals surface area contributed by atoms with Crippen LogP contribution in [0.2, 0.25) is 0 Å². The Kier molecular flexibility index (Phi) is 4.30. The highest BCUT2D eigenvalue weighted by molar-refractivity contribution is 5.94. The second kappa shape index (κ2) is 6.14. The van der Waals surface area contributed by atoms with E-state index in [4.69, 9.17) is 5.84 Å². The zero-order valence-corrected chi connectivity index (χ0v) is 10.5. The zero-order chi connectivity index (χ0) is 13.7. The molecule has 1 fully saturated rings. The van der Waals surface area contributed by atoms with Crippen molar-refractivity contribution in [3.05, 3.63) is 23.9 Å². The highest BCUT2D eigenvalue weighted by Gasteiger charge is 2.28. The first kappa shape index (κ1) is 13.3. The van der Waals surface area contributed by atoms with E-state index in [1.54, 1.807) is 12.1 Å². The standard InChI is InChI=1S/C12H17N5O2/c13-17-10-7-9(3-4-14-10)12(19)16-6-5-15-11(18)8-1-2-8/h3-4,7-8H,1-2,5-6,13H2,(H,14,17)(H,15,18)(H,16,19). The number of hydrazine groups is 1. The van der Waals surface area contributed by atoms with Crippen molar-refractivity contribution >= 4 is 17.6 Å². The summed E-state index contributed by atoms with van der Waals surface area (Å²) >= 11 is 0. The van der Waals surface area contributed by atoms with Crippen molar-refractivity contribution in [1.29, 1.82) is 0 Å². The summed E-state index contributed by atoms with van der Waals surface area (Å²) in [4.78, 5) is 27.0. The Balaban J connectivity index is 1.72. The maximum absolute atomic E-state index is 11.8. The summed E-state index contributed by atoms with van der Waals surface area (Å²) in [6, 6.07) is 3.15. The Morgan fingerprint density at radius 1 is 1.32 bits per heavy atom. The molecule has 1 aromatic rings. The number of nitrogens with one attached hydrogen (secondary N) is 3. The van der Waals surface area contributed by atoms with E-state index in [0.717, 1.165) is 12.8 Å².